The van der Waals surface area contributed by atoms with Crippen molar-refractivity contribution in [2.45, 2.75) is 25.8 Å². The van der Waals surface area contributed by atoms with Crippen molar-refractivity contribution < 1.29 is 9.59 Å². The molecule has 2 heterocycles. The molecule has 0 spiro atoms. The van der Waals surface area contributed by atoms with Gasteiger partial charge >= 0.3 is 0 Å². The molecule has 0 aromatic carbocycles. The normalized spacial score (nSPS) is 22.2. The maximum Gasteiger partial charge on any atom is 0.251 e. The van der Waals surface area contributed by atoms with Gasteiger partial charge in [-0.25, -0.2) is 0 Å². The Morgan fingerprint density at radius 2 is 2.36 bits per heavy atom. The van der Waals surface area contributed by atoms with E-state index in [0.29, 0.717) is 12.8 Å². The molecule has 1 aromatic heterocycles. The molecule has 14 heavy (non-hydrogen) atoms. The molecule has 1 unspecified atom stereocenters. The van der Waals surface area contributed by atoms with Crippen LogP contribution in [0.25, 0.3) is 0 Å². The second-order valence-corrected chi connectivity index (χ2v) is 3.38. The summed E-state index contributed by atoms with van der Waals surface area (Å²) in [6.45, 7) is 1.89. The van der Waals surface area contributed by atoms with Crippen molar-refractivity contribution >= 4 is 11.8 Å². The van der Waals surface area contributed by atoms with Crippen LogP contribution in [-0.2, 0) is 9.59 Å². The van der Waals surface area contributed by atoms with Crippen LogP contribution in [0.1, 0.15) is 24.6 Å². The van der Waals surface area contributed by atoms with Crippen LogP contribution in [-0.4, -0.2) is 21.6 Å². The van der Waals surface area contributed by atoms with E-state index in [1.165, 1.54) is 0 Å². The highest BCUT2D eigenvalue weighted by atomic mass is 16.2. The largest absolute Gasteiger partial charge is 0.295 e. The number of amides is 2. The summed E-state index contributed by atoms with van der Waals surface area (Å²) in [5.74, 6) is -0.455. The molecule has 0 bridgehead atoms. The smallest absolute Gasteiger partial charge is 0.251 e. The molecule has 2 amide bonds. The summed E-state index contributed by atoms with van der Waals surface area (Å²) in [5.41, 5.74) is 0.930. The van der Waals surface area contributed by atoms with E-state index in [1.807, 2.05) is 13.0 Å². The zero-order valence-corrected chi connectivity index (χ0v) is 7.86. The molecular weight excluding hydrogens is 182 g/mol. The number of aromatic nitrogens is 2. The van der Waals surface area contributed by atoms with Crippen molar-refractivity contribution in [2.24, 2.45) is 0 Å². The summed E-state index contributed by atoms with van der Waals surface area (Å²) in [4.78, 5) is 22.4. The van der Waals surface area contributed by atoms with Gasteiger partial charge in [0.25, 0.3) is 5.91 Å². The van der Waals surface area contributed by atoms with Crippen molar-refractivity contribution in [3.05, 3.63) is 18.0 Å². The third-order valence-electron chi connectivity index (χ3n) is 2.37. The Morgan fingerprint density at radius 3 is 2.93 bits per heavy atom. The first-order chi connectivity index (χ1) is 6.68. The number of nitrogens with zero attached hydrogens (tertiary/aromatic N) is 2. The number of rotatable bonds is 1. The van der Waals surface area contributed by atoms with Gasteiger partial charge in [-0.05, 0) is 19.4 Å². The predicted molar refractivity (Wildman–Crippen MR) is 48.4 cm³/mol. The third-order valence-corrected chi connectivity index (χ3v) is 2.37. The average Bonchev–Trinajstić information content (AvgIpc) is 2.52. The van der Waals surface area contributed by atoms with Gasteiger partial charge in [0, 0.05) is 18.3 Å². The van der Waals surface area contributed by atoms with Crippen LogP contribution in [0.15, 0.2) is 12.3 Å². The second-order valence-electron chi connectivity index (χ2n) is 3.38. The minimum Gasteiger partial charge on any atom is -0.295 e. The Hall–Kier alpha value is -1.65. The van der Waals surface area contributed by atoms with Crippen LogP contribution in [0.5, 0.6) is 0 Å². The van der Waals surface area contributed by atoms with Gasteiger partial charge in [-0.15, -0.1) is 0 Å². The van der Waals surface area contributed by atoms with Gasteiger partial charge in [0.15, 0.2) is 0 Å². The summed E-state index contributed by atoms with van der Waals surface area (Å²) in [6.07, 6.45) is 2.57. The molecule has 1 fully saturated rings. The zero-order valence-electron chi connectivity index (χ0n) is 7.86. The molecule has 1 N–H and O–H groups in total. The maximum absolute atomic E-state index is 11.5. The lowest BCUT2D eigenvalue weighted by Gasteiger charge is -2.22. The molecule has 74 valence electrons. The lowest BCUT2D eigenvalue weighted by molar-refractivity contribution is -0.136. The highest BCUT2D eigenvalue weighted by Gasteiger charge is 2.28. The van der Waals surface area contributed by atoms with Gasteiger partial charge in [0.05, 0.1) is 0 Å². The van der Waals surface area contributed by atoms with Crippen LogP contribution in [0.4, 0.5) is 0 Å². The first kappa shape index (κ1) is 8.93. The van der Waals surface area contributed by atoms with Crippen molar-refractivity contribution in [1.82, 2.24) is 15.1 Å². The van der Waals surface area contributed by atoms with Crippen LogP contribution in [0.2, 0.25) is 0 Å². The quantitative estimate of drug-likeness (QED) is 0.646. The van der Waals surface area contributed by atoms with Gasteiger partial charge in [0.1, 0.15) is 6.04 Å². The molecule has 5 heteroatoms. The van der Waals surface area contributed by atoms with Gasteiger partial charge in [-0.3, -0.25) is 19.6 Å². The molecule has 1 aliphatic rings. The number of carbonyl (C=O) groups excluding carboxylic acids is 2. The topological polar surface area (TPSA) is 64.0 Å². The summed E-state index contributed by atoms with van der Waals surface area (Å²) in [6, 6.07) is 1.51. The molecule has 1 aliphatic heterocycles. The molecule has 1 atom stereocenters. The molecule has 0 saturated carbocycles. The Balaban J connectivity index is 2.24. The fourth-order valence-electron chi connectivity index (χ4n) is 1.62. The second kappa shape index (κ2) is 3.25. The molecular formula is C9H11N3O2. The van der Waals surface area contributed by atoms with Gasteiger partial charge < -0.3 is 0 Å². The summed E-state index contributed by atoms with van der Waals surface area (Å²) < 4.78 is 1.65. The van der Waals surface area contributed by atoms with E-state index in [0.717, 1.165) is 5.69 Å². The van der Waals surface area contributed by atoms with Crippen molar-refractivity contribution in [3.8, 4) is 0 Å². The summed E-state index contributed by atoms with van der Waals surface area (Å²) >= 11 is 0. The molecule has 1 aromatic rings. The lowest BCUT2D eigenvalue weighted by atomic mass is 10.1. The van der Waals surface area contributed by atoms with Crippen molar-refractivity contribution in [3.63, 3.8) is 0 Å². The zero-order chi connectivity index (χ0) is 10.1. The molecule has 2 rings (SSSR count). The minimum atomic E-state index is -0.331. The molecule has 5 nitrogen and oxygen atoms in total. The minimum absolute atomic E-state index is 0.198. The van der Waals surface area contributed by atoms with Gasteiger partial charge in [0.2, 0.25) is 5.91 Å². The third kappa shape index (κ3) is 1.41. The molecule has 0 aliphatic carbocycles. The van der Waals surface area contributed by atoms with Gasteiger partial charge in [-0.2, -0.15) is 5.10 Å². The van der Waals surface area contributed by atoms with Crippen LogP contribution in [0.3, 0.4) is 0 Å². The number of nitrogens with one attached hydrogen (secondary N) is 1. The number of hydrogen-bond donors (Lipinski definition) is 1. The highest BCUT2D eigenvalue weighted by Crippen LogP contribution is 2.18. The number of aryl methyl sites for hydroxylation is 1. The fraction of sp³-hybridized carbons (Fsp3) is 0.444. The Morgan fingerprint density at radius 1 is 1.57 bits per heavy atom. The number of piperidine rings is 1. The maximum atomic E-state index is 11.5. The standard InChI is InChI=1S/C9H11N3O2/c1-6-4-5-10-12(6)7-2-3-8(13)11-9(7)14/h4-5,7H,2-3H2,1H3,(H,11,13,14). The predicted octanol–water partition coefficient (Wildman–Crippen LogP) is 0.169. The number of carbonyl (C=O) groups is 2. The molecule has 0 radical (unpaired) electrons. The summed E-state index contributed by atoms with van der Waals surface area (Å²) in [5, 5.41) is 6.37. The highest BCUT2D eigenvalue weighted by molar-refractivity contribution is 5.99. The van der Waals surface area contributed by atoms with Crippen LogP contribution in [0, 0.1) is 6.92 Å². The van der Waals surface area contributed by atoms with E-state index < -0.39 is 0 Å². The first-order valence-electron chi connectivity index (χ1n) is 4.52. The van der Waals surface area contributed by atoms with E-state index in [2.05, 4.69) is 10.4 Å². The Kier molecular flexibility index (Phi) is 2.07. The summed E-state index contributed by atoms with van der Waals surface area (Å²) in [7, 11) is 0. The number of imide groups is 1. The van der Waals surface area contributed by atoms with E-state index >= 15 is 0 Å². The van der Waals surface area contributed by atoms with E-state index in [4.69, 9.17) is 0 Å². The Labute approximate surface area is 81.1 Å². The van der Waals surface area contributed by atoms with E-state index in [-0.39, 0.29) is 17.9 Å². The molecule has 1 saturated heterocycles. The fourth-order valence-corrected chi connectivity index (χ4v) is 1.62. The van der Waals surface area contributed by atoms with Crippen molar-refractivity contribution in [2.75, 3.05) is 0 Å². The number of hydrogen-bond acceptors (Lipinski definition) is 3. The average molecular weight is 193 g/mol. The SMILES string of the molecule is Cc1ccnn1C1CCC(=O)NC1=O. The first-order valence-corrected chi connectivity index (χ1v) is 4.52. The van der Waals surface area contributed by atoms with Crippen LogP contribution < -0.4 is 5.32 Å². The lowest BCUT2D eigenvalue weighted by Crippen LogP contribution is -2.42. The Bertz CT molecular complexity index is 383. The van der Waals surface area contributed by atoms with E-state index in [1.54, 1.807) is 10.9 Å². The monoisotopic (exact) mass is 193 g/mol. The van der Waals surface area contributed by atoms with Gasteiger partial charge in [-0.1, -0.05) is 0 Å². The van der Waals surface area contributed by atoms with Crippen molar-refractivity contribution in [1.29, 1.82) is 0 Å². The van der Waals surface area contributed by atoms with E-state index in [9.17, 15) is 9.59 Å². The van der Waals surface area contributed by atoms with Crippen LogP contribution >= 0.6 is 0 Å².